The third-order valence-corrected chi connectivity index (χ3v) is 4.02. The molecule has 0 atom stereocenters. The van der Waals surface area contributed by atoms with Crippen molar-refractivity contribution in [2.24, 2.45) is 5.41 Å². The summed E-state index contributed by atoms with van der Waals surface area (Å²) in [5.41, 5.74) is -0.494. The molecule has 0 aliphatic rings. The van der Waals surface area contributed by atoms with Crippen molar-refractivity contribution in [3.63, 3.8) is 0 Å². The van der Waals surface area contributed by atoms with Crippen LogP contribution in [-0.2, 0) is 9.53 Å². The summed E-state index contributed by atoms with van der Waals surface area (Å²) in [7, 11) is 1.51. The van der Waals surface area contributed by atoms with Gasteiger partial charge in [0.1, 0.15) is 5.02 Å². The van der Waals surface area contributed by atoms with Crippen LogP contribution in [0.5, 0.6) is 17.4 Å². The normalized spacial score (nSPS) is 10.9. The van der Waals surface area contributed by atoms with Gasteiger partial charge >= 0.3 is 0 Å². The second-order valence-corrected chi connectivity index (χ2v) is 7.59. The van der Waals surface area contributed by atoms with E-state index in [0.29, 0.717) is 11.5 Å². The van der Waals surface area contributed by atoms with E-state index >= 15 is 0 Å². The Morgan fingerprint density at radius 2 is 1.82 bits per heavy atom. The number of carbonyl (C=O) groups is 1. The minimum absolute atomic E-state index is 0.00185. The van der Waals surface area contributed by atoms with Crippen LogP contribution >= 0.6 is 23.2 Å². The summed E-state index contributed by atoms with van der Waals surface area (Å²) in [6.07, 6.45) is 0. The lowest BCUT2D eigenvalue weighted by atomic mass is 9.97. The van der Waals surface area contributed by atoms with E-state index in [9.17, 15) is 4.79 Å². The first kappa shape index (κ1) is 21.8. The molecule has 0 unspecified atom stereocenters. The smallest absolute Gasteiger partial charge is 0.263 e. The third kappa shape index (κ3) is 5.74. The lowest BCUT2D eigenvalue weighted by Crippen LogP contribution is -2.27. The zero-order chi connectivity index (χ0) is 20.9. The average Bonchev–Trinajstić information content (AvgIpc) is 2.63. The fourth-order valence-corrected chi connectivity index (χ4v) is 2.38. The summed E-state index contributed by atoms with van der Waals surface area (Å²) in [5.74, 6) is 0.490. The molecule has 0 bridgehead atoms. The standard InChI is InChI=1S/C19H21Cl2N3O4/c1-19(2,3)18(22)27-10-15(25)23-16-11(20)9-12(21)17(24-16)28-14-8-6-5-7-13(14)26-4/h5-9,22H,10H2,1-4H3,(H,23,24,25). The van der Waals surface area contributed by atoms with Crippen LogP contribution in [0.3, 0.4) is 0 Å². The van der Waals surface area contributed by atoms with E-state index in [1.54, 1.807) is 24.3 Å². The molecule has 1 aromatic carbocycles. The molecule has 150 valence electrons. The number of rotatable bonds is 6. The molecule has 0 aliphatic heterocycles. The van der Waals surface area contributed by atoms with Crippen LogP contribution in [0.25, 0.3) is 0 Å². The van der Waals surface area contributed by atoms with Gasteiger partial charge in [-0.2, -0.15) is 4.98 Å². The number of ether oxygens (including phenoxy) is 3. The molecule has 9 heteroatoms. The van der Waals surface area contributed by atoms with E-state index in [0.717, 1.165) is 0 Å². The van der Waals surface area contributed by atoms with Crippen molar-refractivity contribution in [2.45, 2.75) is 20.8 Å². The highest BCUT2D eigenvalue weighted by Gasteiger charge is 2.21. The molecule has 2 N–H and O–H groups in total. The van der Waals surface area contributed by atoms with Crippen molar-refractivity contribution in [3.05, 3.63) is 40.4 Å². The second-order valence-electron chi connectivity index (χ2n) is 6.77. The Labute approximate surface area is 173 Å². The van der Waals surface area contributed by atoms with E-state index < -0.39 is 11.3 Å². The van der Waals surface area contributed by atoms with Gasteiger partial charge in [0.15, 0.2) is 29.8 Å². The van der Waals surface area contributed by atoms with Crippen molar-refractivity contribution in [2.75, 3.05) is 19.0 Å². The summed E-state index contributed by atoms with van der Waals surface area (Å²) < 4.78 is 16.1. The monoisotopic (exact) mass is 425 g/mol. The average molecular weight is 426 g/mol. The van der Waals surface area contributed by atoms with Crippen LogP contribution in [0, 0.1) is 10.8 Å². The number of amides is 1. The maximum atomic E-state index is 12.1. The van der Waals surface area contributed by atoms with Gasteiger partial charge in [-0.3, -0.25) is 10.2 Å². The van der Waals surface area contributed by atoms with Gasteiger partial charge in [-0.05, 0) is 18.2 Å². The zero-order valence-electron chi connectivity index (χ0n) is 15.9. The van der Waals surface area contributed by atoms with Gasteiger partial charge in [-0.1, -0.05) is 56.1 Å². The number of para-hydroxylation sites is 2. The molecule has 1 heterocycles. The second kappa shape index (κ2) is 9.12. The predicted octanol–water partition coefficient (Wildman–Crippen LogP) is 5.17. The maximum absolute atomic E-state index is 12.1. The number of nitrogens with zero attached hydrogens (tertiary/aromatic N) is 1. The van der Waals surface area contributed by atoms with Crippen LogP contribution < -0.4 is 14.8 Å². The number of aromatic nitrogens is 1. The van der Waals surface area contributed by atoms with Crippen LogP contribution in [-0.4, -0.2) is 30.5 Å². The van der Waals surface area contributed by atoms with Gasteiger partial charge in [0.25, 0.3) is 5.91 Å². The summed E-state index contributed by atoms with van der Waals surface area (Å²) in [6, 6.07) is 8.39. The summed E-state index contributed by atoms with van der Waals surface area (Å²) >= 11 is 12.3. The van der Waals surface area contributed by atoms with Crippen molar-refractivity contribution >= 4 is 40.8 Å². The van der Waals surface area contributed by atoms with Crippen molar-refractivity contribution in [3.8, 4) is 17.4 Å². The Bertz CT molecular complexity index is 882. The zero-order valence-corrected chi connectivity index (χ0v) is 17.4. The Hall–Kier alpha value is -2.51. The fourth-order valence-electron chi connectivity index (χ4n) is 1.94. The lowest BCUT2D eigenvalue weighted by molar-refractivity contribution is -0.118. The van der Waals surface area contributed by atoms with E-state index in [-0.39, 0.29) is 34.2 Å². The molecule has 28 heavy (non-hydrogen) atoms. The molecule has 0 radical (unpaired) electrons. The highest BCUT2D eigenvalue weighted by Crippen LogP contribution is 2.36. The fraction of sp³-hybridized carbons (Fsp3) is 0.316. The Balaban J connectivity index is 2.14. The largest absolute Gasteiger partial charge is 0.493 e. The summed E-state index contributed by atoms with van der Waals surface area (Å²) in [4.78, 5) is 16.3. The van der Waals surface area contributed by atoms with Gasteiger partial charge in [-0.25, -0.2) is 0 Å². The van der Waals surface area contributed by atoms with Gasteiger partial charge in [0.05, 0.1) is 12.1 Å². The molecule has 0 saturated heterocycles. The highest BCUT2D eigenvalue weighted by atomic mass is 35.5. The number of methoxy groups -OCH3 is 1. The molecule has 0 saturated carbocycles. The first-order chi connectivity index (χ1) is 13.1. The Morgan fingerprint density at radius 3 is 2.43 bits per heavy atom. The van der Waals surface area contributed by atoms with E-state index in [2.05, 4.69) is 10.3 Å². The molecule has 2 rings (SSSR count). The van der Waals surface area contributed by atoms with E-state index in [1.807, 2.05) is 20.8 Å². The first-order valence-corrected chi connectivity index (χ1v) is 9.06. The number of anilines is 1. The Kier molecular flexibility index (Phi) is 7.10. The number of carbonyl (C=O) groups excluding carboxylic acids is 1. The first-order valence-electron chi connectivity index (χ1n) is 8.30. The van der Waals surface area contributed by atoms with Gasteiger partial charge in [0.2, 0.25) is 5.88 Å². The SMILES string of the molecule is COc1ccccc1Oc1nc(NC(=O)COC(=N)C(C)(C)C)c(Cl)cc1Cl. The van der Waals surface area contributed by atoms with Crippen molar-refractivity contribution in [1.29, 1.82) is 5.41 Å². The molecule has 7 nitrogen and oxygen atoms in total. The number of hydrogen-bond acceptors (Lipinski definition) is 6. The molecule has 0 spiro atoms. The summed E-state index contributed by atoms with van der Waals surface area (Å²) in [5, 5.41) is 10.6. The molecule has 2 aromatic rings. The number of pyridine rings is 1. The minimum Gasteiger partial charge on any atom is -0.493 e. The van der Waals surface area contributed by atoms with Crippen molar-refractivity contribution < 1.29 is 19.0 Å². The quantitative estimate of drug-likeness (QED) is 0.491. The molecule has 1 amide bonds. The highest BCUT2D eigenvalue weighted by molar-refractivity contribution is 6.37. The van der Waals surface area contributed by atoms with Gasteiger partial charge in [-0.15, -0.1) is 0 Å². The maximum Gasteiger partial charge on any atom is 0.263 e. The topological polar surface area (TPSA) is 93.5 Å². The number of benzene rings is 1. The van der Waals surface area contributed by atoms with E-state index in [4.69, 9.17) is 42.8 Å². The van der Waals surface area contributed by atoms with E-state index in [1.165, 1.54) is 13.2 Å². The molecule has 1 aromatic heterocycles. The number of nitrogens with one attached hydrogen (secondary N) is 2. The number of halogens is 2. The molecular weight excluding hydrogens is 405 g/mol. The van der Waals surface area contributed by atoms with Crippen LogP contribution in [0.1, 0.15) is 20.8 Å². The Morgan fingerprint density at radius 1 is 1.18 bits per heavy atom. The van der Waals surface area contributed by atoms with Gasteiger partial charge in [0, 0.05) is 5.41 Å². The van der Waals surface area contributed by atoms with Crippen LogP contribution in [0.2, 0.25) is 10.0 Å². The van der Waals surface area contributed by atoms with Crippen LogP contribution in [0.15, 0.2) is 30.3 Å². The summed E-state index contributed by atoms with van der Waals surface area (Å²) in [6.45, 7) is 5.09. The number of hydrogen-bond donors (Lipinski definition) is 2. The van der Waals surface area contributed by atoms with Crippen LogP contribution in [0.4, 0.5) is 5.82 Å². The van der Waals surface area contributed by atoms with Gasteiger partial charge < -0.3 is 19.5 Å². The van der Waals surface area contributed by atoms with Crippen molar-refractivity contribution in [1.82, 2.24) is 4.98 Å². The minimum atomic E-state index is -0.519. The molecule has 0 aliphatic carbocycles. The predicted molar refractivity (Wildman–Crippen MR) is 109 cm³/mol. The lowest BCUT2D eigenvalue weighted by Gasteiger charge is -2.19. The third-order valence-electron chi connectivity index (χ3n) is 3.46. The molecular formula is C19H21Cl2N3O4. The molecule has 0 fully saturated rings.